The first-order valence-corrected chi connectivity index (χ1v) is 6.25. The Labute approximate surface area is 113 Å². The largest absolute Gasteiger partial charge is 0.496 e. The quantitative estimate of drug-likeness (QED) is 0.636. The van der Waals surface area contributed by atoms with E-state index in [1.807, 2.05) is 37.3 Å². The number of nitrogens with one attached hydrogen (secondary N) is 1. The van der Waals surface area contributed by atoms with Gasteiger partial charge in [-0.25, -0.2) is 0 Å². The Bertz CT molecular complexity index is 528. The molecule has 1 aromatic heterocycles. The first-order chi connectivity index (χ1) is 9.24. The Hall–Kier alpha value is -1.91. The molecule has 4 nitrogen and oxygen atoms in total. The van der Waals surface area contributed by atoms with E-state index in [1.54, 1.807) is 13.3 Å². The Morgan fingerprint density at radius 3 is 2.79 bits per heavy atom. The predicted octanol–water partition coefficient (Wildman–Crippen LogP) is 2.15. The highest BCUT2D eigenvalue weighted by Crippen LogP contribution is 2.24. The maximum atomic E-state index is 5.66. The van der Waals surface area contributed by atoms with Crippen molar-refractivity contribution >= 4 is 0 Å². The number of aromatic nitrogens is 1. The van der Waals surface area contributed by atoms with Crippen LogP contribution in [0.15, 0.2) is 42.6 Å². The van der Waals surface area contributed by atoms with Crippen LogP contribution in [0.2, 0.25) is 0 Å². The molecule has 0 aliphatic heterocycles. The summed E-state index contributed by atoms with van der Waals surface area (Å²) in [6, 6.07) is 12.0. The lowest BCUT2D eigenvalue weighted by Gasteiger charge is -2.17. The molecule has 4 heteroatoms. The molecule has 0 spiro atoms. The third-order valence-electron chi connectivity index (χ3n) is 3.18. The molecule has 100 valence electrons. The average Bonchev–Trinajstić information content (AvgIpc) is 2.46. The maximum Gasteiger partial charge on any atom is 0.122 e. The van der Waals surface area contributed by atoms with E-state index in [2.05, 4.69) is 16.5 Å². The van der Waals surface area contributed by atoms with E-state index in [1.165, 1.54) is 0 Å². The molecule has 0 amide bonds. The number of hydrazine groups is 1. The van der Waals surface area contributed by atoms with Gasteiger partial charge in [0.05, 0.1) is 13.2 Å². The number of hydrogen-bond donors (Lipinski definition) is 2. The number of pyridine rings is 1. The number of nitrogens with zero attached hydrogens (tertiary/aromatic N) is 1. The minimum Gasteiger partial charge on any atom is -0.496 e. The first-order valence-electron chi connectivity index (χ1n) is 6.25. The molecule has 1 atom stereocenters. The van der Waals surface area contributed by atoms with Gasteiger partial charge in [0.15, 0.2) is 0 Å². The molecule has 0 aliphatic rings. The van der Waals surface area contributed by atoms with Gasteiger partial charge < -0.3 is 4.74 Å². The monoisotopic (exact) mass is 257 g/mol. The lowest BCUT2D eigenvalue weighted by atomic mass is 10.0. The van der Waals surface area contributed by atoms with Crippen LogP contribution >= 0.6 is 0 Å². The van der Waals surface area contributed by atoms with Gasteiger partial charge in [-0.1, -0.05) is 18.2 Å². The van der Waals surface area contributed by atoms with Crippen molar-refractivity contribution in [1.29, 1.82) is 0 Å². The van der Waals surface area contributed by atoms with Gasteiger partial charge in [-0.15, -0.1) is 0 Å². The highest BCUT2D eigenvalue weighted by molar-refractivity contribution is 5.38. The number of methoxy groups -OCH3 is 1. The third-order valence-corrected chi connectivity index (χ3v) is 3.18. The Balaban J connectivity index is 2.22. The number of nitrogens with two attached hydrogens (primary N) is 1. The van der Waals surface area contributed by atoms with Crippen molar-refractivity contribution in [3.63, 3.8) is 0 Å². The lowest BCUT2D eigenvalue weighted by Crippen LogP contribution is -2.29. The van der Waals surface area contributed by atoms with Crippen LogP contribution in [0.25, 0.3) is 0 Å². The molecule has 1 heterocycles. The van der Waals surface area contributed by atoms with Crippen LogP contribution in [-0.4, -0.2) is 12.1 Å². The van der Waals surface area contributed by atoms with Crippen LogP contribution in [0.3, 0.4) is 0 Å². The Kier molecular flexibility index (Phi) is 4.49. The second kappa shape index (κ2) is 6.31. The summed E-state index contributed by atoms with van der Waals surface area (Å²) in [5.41, 5.74) is 6.05. The van der Waals surface area contributed by atoms with Crippen molar-refractivity contribution in [2.75, 3.05) is 7.11 Å². The van der Waals surface area contributed by atoms with Crippen LogP contribution < -0.4 is 16.0 Å². The summed E-state index contributed by atoms with van der Waals surface area (Å²) in [6.07, 6.45) is 2.53. The smallest absolute Gasteiger partial charge is 0.122 e. The number of ether oxygens (including phenoxy) is 1. The standard InChI is InChI=1S/C15H19N3O/c1-11-6-7-12(9-15(11)19-2)14(18-16)10-13-5-3-4-8-17-13/h3-9,14,18H,10,16H2,1-2H3. The Morgan fingerprint density at radius 1 is 1.32 bits per heavy atom. The van der Waals surface area contributed by atoms with Crippen LogP contribution in [0.5, 0.6) is 5.75 Å². The van der Waals surface area contributed by atoms with E-state index in [4.69, 9.17) is 10.6 Å². The molecule has 0 saturated carbocycles. The predicted molar refractivity (Wildman–Crippen MR) is 75.7 cm³/mol. The first kappa shape index (κ1) is 13.5. The molecule has 0 radical (unpaired) electrons. The normalized spacial score (nSPS) is 12.2. The minimum atomic E-state index is 0.0180. The molecule has 0 fully saturated rings. The van der Waals surface area contributed by atoms with Crippen LogP contribution in [0, 0.1) is 6.92 Å². The zero-order chi connectivity index (χ0) is 13.7. The number of aryl methyl sites for hydroxylation is 1. The van der Waals surface area contributed by atoms with Gasteiger partial charge in [0.1, 0.15) is 5.75 Å². The minimum absolute atomic E-state index is 0.0180. The fraction of sp³-hybridized carbons (Fsp3) is 0.267. The van der Waals surface area contributed by atoms with Gasteiger partial charge in [-0.2, -0.15) is 0 Å². The number of benzene rings is 1. The summed E-state index contributed by atoms with van der Waals surface area (Å²) in [5, 5.41) is 0. The molecular formula is C15H19N3O. The van der Waals surface area contributed by atoms with Gasteiger partial charge in [0.2, 0.25) is 0 Å². The summed E-state index contributed by atoms with van der Waals surface area (Å²) in [4.78, 5) is 4.33. The van der Waals surface area contributed by atoms with Crippen molar-refractivity contribution < 1.29 is 4.74 Å². The molecule has 0 saturated heterocycles. The van der Waals surface area contributed by atoms with Gasteiger partial charge in [0, 0.05) is 18.3 Å². The Morgan fingerprint density at radius 2 is 2.16 bits per heavy atom. The van der Waals surface area contributed by atoms with Crippen LogP contribution in [0.1, 0.15) is 22.9 Å². The zero-order valence-corrected chi connectivity index (χ0v) is 11.3. The molecule has 0 aliphatic carbocycles. The van der Waals surface area contributed by atoms with Crippen LogP contribution in [0.4, 0.5) is 0 Å². The molecular weight excluding hydrogens is 238 g/mol. The maximum absolute atomic E-state index is 5.66. The van der Waals surface area contributed by atoms with Crippen molar-refractivity contribution in [2.24, 2.45) is 5.84 Å². The van der Waals surface area contributed by atoms with E-state index in [0.717, 1.165) is 29.0 Å². The van der Waals surface area contributed by atoms with Crippen molar-refractivity contribution in [2.45, 2.75) is 19.4 Å². The van der Waals surface area contributed by atoms with Gasteiger partial charge in [0.25, 0.3) is 0 Å². The number of rotatable bonds is 5. The van der Waals surface area contributed by atoms with Gasteiger partial charge in [-0.05, 0) is 36.2 Å². The summed E-state index contributed by atoms with van der Waals surface area (Å²) >= 11 is 0. The van der Waals surface area contributed by atoms with E-state index >= 15 is 0 Å². The fourth-order valence-corrected chi connectivity index (χ4v) is 2.05. The van der Waals surface area contributed by atoms with Crippen molar-refractivity contribution in [3.05, 3.63) is 59.4 Å². The van der Waals surface area contributed by atoms with E-state index in [0.29, 0.717) is 0 Å². The lowest BCUT2D eigenvalue weighted by molar-refractivity contribution is 0.409. The summed E-state index contributed by atoms with van der Waals surface area (Å²) < 4.78 is 5.35. The zero-order valence-electron chi connectivity index (χ0n) is 11.3. The third kappa shape index (κ3) is 3.30. The van der Waals surface area contributed by atoms with Crippen molar-refractivity contribution in [3.8, 4) is 5.75 Å². The second-order valence-corrected chi connectivity index (χ2v) is 4.47. The van der Waals surface area contributed by atoms with E-state index in [-0.39, 0.29) is 6.04 Å². The highest BCUT2D eigenvalue weighted by atomic mass is 16.5. The fourth-order valence-electron chi connectivity index (χ4n) is 2.05. The summed E-state index contributed by atoms with van der Waals surface area (Å²) in [6.45, 7) is 2.02. The summed E-state index contributed by atoms with van der Waals surface area (Å²) in [5.74, 6) is 6.54. The highest BCUT2D eigenvalue weighted by Gasteiger charge is 2.12. The van der Waals surface area contributed by atoms with Gasteiger partial charge >= 0.3 is 0 Å². The second-order valence-electron chi connectivity index (χ2n) is 4.47. The molecule has 19 heavy (non-hydrogen) atoms. The SMILES string of the molecule is COc1cc(C(Cc2ccccn2)NN)ccc1C. The average molecular weight is 257 g/mol. The van der Waals surface area contributed by atoms with E-state index < -0.39 is 0 Å². The summed E-state index contributed by atoms with van der Waals surface area (Å²) in [7, 11) is 1.68. The number of hydrogen-bond acceptors (Lipinski definition) is 4. The molecule has 1 aromatic carbocycles. The van der Waals surface area contributed by atoms with E-state index in [9.17, 15) is 0 Å². The van der Waals surface area contributed by atoms with Crippen LogP contribution in [-0.2, 0) is 6.42 Å². The van der Waals surface area contributed by atoms with Crippen molar-refractivity contribution in [1.82, 2.24) is 10.4 Å². The molecule has 0 bridgehead atoms. The van der Waals surface area contributed by atoms with Gasteiger partial charge in [-0.3, -0.25) is 16.3 Å². The topological polar surface area (TPSA) is 60.2 Å². The molecule has 2 rings (SSSR count). The molecule has 3 N–H and O–H groups in total. The molecule has 1 unspecified atom stereocenters. The molecule has 2 aromatic rings.